The molecular weight excluding hydrogens is 212 g/mol. The van der Waals surface area contributed by atoms with Gasteiger partial charge in [0, 0.05) is 24.6 Å². The van der Waals surface area contributed by atoms with E-state index in [0.29, 0.717) is 11.7 Å². The molecule has 0 amide bonds. The number of aryl methyl sites for hydroxylation is 2. The zero-order valence-corrected chi connectivity index (χ0v) is 11.1. The average molecular weight is 234 g/mol. The van der Waals surface area contributed by atoms with Crippen LogP contribution in [0.2, 0.25) is 0 Å². The van der Waals surface area contributed by atoms with E-state index in [-0.39, 0.29) is 5.92 Å². The summed E-state index contributed by atoms with van der Waals surface area (Å²) in [6.45, 7) is 7.25. The van der Waals surface area contributed by atoms with Gasteiger partial charge in [0.1, 0.15) is 5.78 Å². The van der Waals surface area contributed by atoms with Crippen LogP contribution in [0.3, 0.4) is 0 Å². The number of rotatable bonds is 4. The first-order valence-corrected chi connectivity index (χ1v) is 6.74. The second kappa shape index (κ2) is 5.03. The molecule has 2 atom stereocenters. The Morgan fingerprint density at radius 1 is 1.47 bits per heavy atom. The Kier molecular flexibility index (Phi) is 3.65. The predicted octanol–water partition coefficient (Wildman–Crippen LogP) is 2.62. The quantitative estimate of drug-likeness (QED) is 0.802. The molecule has 0 spiro atoms. The summed E-state index contributed by atoms with van der Waals surface area (Å²) in [4.78, 5) is 11.6. The normalized spacial score (nSPS) is 24.5. The number of hydrogen-bond donors (Lipinski definition) is 0. The van der Waals surface area contributed by atoms with E-state index in [1.54, 1.807) is 0 Å². The zero-order valence-electron chi connectivity index (χ0n) is 11.1. The average Bonchev–Trinajstić information content (AvgIpc) is 2.87. The van der Waals surface area contributed by atoms with Crippen LogP contribution in [0.25, 0.3) is 0 Å². The summed E-state index contributed by atoms with van der Waals surface area (Å²) < 4.78 is 2.09. The highest BCUT2D eigenvalue weighted by Gasteiger charge is 2.31. The van der Waals surface area contributed by atoms with Crippen molar-refractivity contribution in [2.24, 2.45) is 11.8 Å². The fraction of sp³-hybridized carbons (Fsp3) is 0.714. The second-order valence-corrected chi connectivity index (χ2v) is 5.05. The van der Waals surface area contributed by atoms with Gasteiger partial charge in [-0.1, -0.05) is 13.8 Å². The Bertz CT molecular complexity index is 408. The van der Waals surface area contributed by atoms with E-state index in [0.717, 1.165) is 32.2 Å². The third kappa shape index (κ3) is 2.43. The second-order valence-electron chi connectivity index (χ2n) is 5.05. The molecule has 1 fully saturated rings. The van der Waals surface area contributed by atoms with E-state index in [2.05, 4.69) is 36.6 Å². The van der Waals surface area contributed by atoms with Crippen LogP contribution in [0.5, 0.6) is 0 Å². The fourth-order valence-electron chi connectivity index (χ4n) is 2.74. The smallest absolute Gasteiger partial charge is 0.136 e. The van der Waals surface area contributed by atoms with Crippen molar-refractivity contribution in [1.82, 2.24) is 9.78 Å². The van der Waals surface area contributed by atoms with Gasteiger partial charge in [0.25, 0.3) is 0 Å². The predicted molar refractivity (Wildman–Crippen MR) is 67.9 cm³/mol. The van der Waals surface area contributed by atoms with Crippen molar-refractivity contribution in [1.29, 1.82) is 0 Å². The lowest BCUT2D eigenvalue weighted by atomic mass is 9.92. The third-order valence-electron chi connectivity index (χ3n) is 4.02. The van der Waals surface area contributed by atoms with Crippen molar-refractivity contribution in [2.75, 3.05) is 0 Å². The van der Waals surface area contributed by atoms with Gasteiger partial charge in [-0.05, 0) is 38.2 Å². The summed E-state index contributed by atoms with van der Waals surface area (Å²) in [7, 11) is 0. The molecule has 0 bridgehead atoms. The Labute approximate surface area is 103 Å². The Morgan fingerprint density at radius 2 is 2.24 bits per heavy atom. The number of Topliss-reactive ketones (excluding diaryl/α,β-unsaturated/α-hetero) is 1. The van der Waals surface area contributed by atoms with Gasteiger partial charge in [-0.15, -0.1) is 0 Å². The van der Waals surface area contributed by atoms with Crippen molar-refractivity contribution in [3.05, 3.63) is 17.5 Å². The number of carbonyl (C=O) groups is 1. The molecule has 94 valence electrons. The number of ketones is 1. The summed E-state index contributed by atoms with van der Waals surface area (Å²) in [5, 5.41) is 4.57. The number of hydrogen-bond acceptors (Lipinski definition) is 2. The molecular formula is C14H22N2O. The number of carbonyl (C=O) groups excluding carboxylic acids is 1. The molecule has 1 aliphatic carbocycles. The molecule has 3 heteroatoms. The summed E-state index contributed by atoms with van der Waals surface area (Å²) in [6.07, 6.45) is 3.82. The van der Waals surface area contributed by atoms with Crippen molar-refractivity contribution in [3.8, 4) is 0 Å². The molecule has 0 radical (unpaired) electrons. The molecule has 3 nitrogen and oxygen atoms in total. The van der Waals surface area contributed by atoms with Gasteiger partial charge in [-0.25, -0.2) is 0 Å². The van der Waals surface area contributed by atoms with E-state index in [1.807, 2.05) is 0 Å². The minimum Gasteiger partial charge on any atom is -0.299 e. The minimum absolute atomic E-state index is 0.236. The first-order valence-electron chi connectivity index (χ1n) is 6.74. The van der Waals surface area contributed by atoms with E-state index in [9.17, 15) is 4.79 Å². The third-order valence-corrected chi connectivity index (χ3v) is 4.02. The molecule has 17 heavy (non-hydrogen) atoms. The molecule has 1 aromatic rings. The molecule has 1 aliphatic rings. The summed E-state index contributed by atoms with van der Waals surface area (Å²) in [5.41, 5.74) is 2.47. The lowest BCUT2D eigenvalue weighted by molar-refractivity contribution is -0.120. The molecule has 1 saturated carbocycles. The first-order chi connectivity index (χ1) is 8.15. The van der Waals surface area contributed by atoms with Crippen molar-refractivity contribution in [2.45, 2.75) is 53.0 Å². The summed E-state index contributed by atoms with van der Waals surface area (Å²) >= 11 is 0. The van der Waals surface area contributed by atoms with Crippen LogP contribution in [0.15, 0.2) is 6.07 Å². The maximum Gasteiger partial charge on any atom is 0.136 e. The largest absolute Gasteiger partial charge is 0.299 e. The van der Waals surface area contributed by atoms with Crippen LogP contribution in [0.4, 0.5) is 0 Å². The van der Waals surface area contributed by atoms with Gasteiger partial charge in [0.15, 0.2) is 0 Å². The van der Waals surface area contributed by atoms with Crippen LogP contribution < -0.4 is 0 Å². The Morgan fingerprint density at radius 3 is 2.76 bits per heavy atom. The Hall–Kier alpha value is -1.12. The van der Waals surface area contributed by atoms with Crippen LogP contribution in [-0.4, -0.2) is 15.6 Å². The van der Waals surface area contributed by atoms with E-state index < -0.39 is 0 Å². The fourth-order valence-corrected chi connectivity index (χ4v) is 2.74. The van der Waals surface area contributed by atoms with Crippen LogP contribution in [-0.2, 0) is 24.2 Å². The molecule has 1 aromatic heterocycles. The molecule has 0 aliphatic heterocycles. The molecule has 1 heterocycles. The van der Waals surface area contributed by atoms with Gasteiger partial charge in [-0.2, -0.15) is 5.10 Å². The molecule has 2 unspecified atom stereocenters. The molecule has 0 N–H and O–H groups in total. The standard InChI is InChI=1S/C14H22N2O/c1-4-12-9-13(16(5-2)15-12)8-11-6-7-14(17)10(11)3/h9-11H,4-8H2,1-3H3. The van der Waals surface area contributed by atoms with Crippen LogP contribution in [0.1, 0.15) is 45.0 Å². The highest BCUT2D eigenvalue weighted by atomic mass is 16.1. The molecule has 0 saturated heterocycles. The molecule has 0 aromatic carbocycles. The highest BCUT2D eigenvalue weighted by molar-refractivity contribution is 5.83. The highest BCUT2D eigenvalue weighted by Crippen LogP contribution is 2.31. The van der Waals surface area contributed by atoms with Crippen LogP contribution in [0, 0.1) is 11.8 Å². The topological polar surface area (TPSA) is 34.9 Å². The summed E-state index contributed by atoms with van der Waals surface area (Å²) in [5.74, 6) is 1.20. The van der Waals surface area contributed by atoms with E-state index in [4.69, 9.17) is 0 Å². The minimum atomic E-state index is 0.236. The maximum absolute atomic E-state index is 11.6. The van der Waals surface area contributed by atoms with E-state index >= 15 is 0 Å². The monoisotopic (exact) mass is 234 g/mol. The van der Waals surface area contributed by atoms with Gasteiger partial charge in [-0.3, -0.25) is 9.48 Å². The van der Waals surface area contributed by atoms with Gasteiger partial charge >= 0.3 is 0 Å². The number of nitrogens with zero attached hydrogens (tertiary/aromatic N) is 2. The maximum atomic E-state index is 11.6. The van der Waals surface area contributed by atoms with Crippen molar-refractivity contribution < 1.29 is 4.79 Å². The van der Waals surface area contributed by atoms with Crippen molar-refractivity contribution >= 4 is 5.78 Å². The first kappa shape index (κ1) is 12.3. The van der Waals surface area contributed by atoms with Gasteiger partial charge in [0.05, 0.1) is 5.69 Å². The SMILES string of the molecule is CCc1cc(CC2CCC(=O)C2C)n(CC)n1. The lowest BCUT2D eigenvalue weighted by Crippen LogP contribution is -2.15. The van der Waals surface area contributed by atoms with Crippen LogP contribution >= 0.6 is 0 Å². The van der Waals surface area contributed by atoms with Gasteiger partial charge < -0.3 is 0 Å². The Balaban J connectivity index is 2.12. The molecule has 2 rings (SSSR count). The summed E-state index contributed by atoms with van der Waals surface area (Å²) in [6, 6.07) is 2.21. The number of aromatic nitrogens is 2. The zero-order chi connectivity index (χ0) is 12.4. The van der Waals surface area contributed by atoms with Crippen molar-refractivity contribution in [3.63, 3.8) is 0 Å². The van der Waals surface area contributed by atoms with Gasteiger partial charge in [0.2, 0.25) is 0 Å². The lowest BCUT2D eigenvalue weighted by Gasteiger charge is -2.14. The van der Waals surface area contributed by atoms with E-state index in [1.165, 1.54) is 11.4 Å².